The molecule has 0 N–H and O–H groups in total. The molecule has 1 aromatic carbocycles. The fourth-order valence-electron chi connectivity index (χ4n) is 3.24. The van der Waals surface area contributed by atoms with Crippen LogP contribution in [0.4, 0.5) is 0 Å². The molecule has 0 radical (unpaired) electrons. The van der Waals surface area contributed by atoms with E-state index >= 15 is 0 Å². The molecule has 0 saturated heterocycles. The summed E-state index contributed by atoms with van der Waals surface area (Å²) in [5.41, 5.74) is 0.795. The first-order valence-corrected chi connectivity index (χ1v) is 6.94. The van der Waals surface area contributed by atoms with Gasteiger partial charge in [-0.15, -0.1) is 0 Å². The Morgan fingerprint density at radius 1 is 0.889 bits per heavy atom. The second-order valence-electron chi connectivity index (χ2n) is 6.06. The van der Waals surface area contributed by atoms with Gasteiger partial charge in [-0.2, -0.15) is 0 Å². The molecule has 0 aliphatic rings. The van der Waals surface area contributed by atoms with E-state index in [1.807, 2.05) is 32.0 Å². The minimum absolute atomic E-state index is 0.0648. The Morgan fingerprint density at radius 3 is 1.67 bits per heavy atom. The largest absolute Gasteiger partial charge is 0.298 e. The molecule has 1 nitrogen and oxygen atoms in total. The van der Waals surface area contributed by atoms with Gasteiger partial charge >= 0.3 is 0 Å². The number of carbonyl (C=O) groups is 1. The molecule has 0 spiro atoms. The summed E-state index contributed by atoms with van der Waals surface area (Å²) in [6, 6.07) is 10.3. The fourth-order valence-corrected chi connectivity index (χ4v) is 3.24. The average molecular weight is 246 g/mol. The lowest BCUT2D eigenvalue weighted by molar-refractivity contribution is -0.131. The average Bonchev–Trinajstić information content (AvgIpc) is 2.30. The lowest BCUT2D eigenvalue weighted by Crippen LogP contribution is -2.47. The summed E-state index contributed by atoms with van der Waals surface area (Å²) < 4.78 is 0. The van der Waals surface area contributed by atoms with E-state index < -0.39 is 0 Å². The quantitative estimate of drug-likeness (QED) is 0.749. The van der Waals surface area contributed by atoms with Gasteiger partial charge in [-0.25, -0.2) is 0 Å². The number of hydrogen-bond acceptors (Lipinski definition) is 1. The van der Waals surface area contributed by atoms with Gasteiger partial charge in [0.1, 0.15) is 5.78 Å². The van der Waals surface area contributed by atoms with Crippen LogP contribution in [-0.2, 0) is 10.2 Å². The van der Waals surface area contributed by atoms with E-state index in [9.17, 15) is 4.79 Å². The van der Waals surface area contributed by atoms with E-state index in [2.05, 4.69) is 39.8 Å². The molecule has 0 atom stereocenters. The van der Waals surface area contributed by atoms with Gasteiger partial charge in [-0.1, -0.05) is 71.9 Å². The van der Waals surface area contributed by atoms with Crippen LogP contribution in [0.1, 0.15) is 47.1 Å². The van der Waals surface area contributed by atoms with Gasteiger partial charge in [0.15, 0.2) is 0 Å². The molecule has 1 heteroatoms. The molecule has 0 fully saturated rings. The van der Waals surface area contributed by atoms with Crippen molar-refractivity contribution in [2.45, 2.75) is 47.0 Å². The third-order valence-electron chi connectivity index (χ3n) is 4.00. The van der Waals surface area contributed by atoms with Gasteiger partial charge in [-0.3, -0.25) is 4.79 Å². The first kappa shape index (κ1) is 14.9. The minimum atomic E-state index is -0.366. The first-order valence-electron chi connectivity index (χ1n) is 6.94. The van der Waals surface area contributed by atoms with Crippen molar-refractivity contribution in [3.8, 4) is 0 Å². The molecule has 18 heavy (non-hydrogen) atoms. The standard InChI is InChI=1S/C17H26O/c1-12(2)16(18)17(13(3)4,14(5)6)15-10-8-7-9-11-15/h7-14H,1-6H3. The van der Waals surface area contributed by atoms with Crippen molar-refractivity contribution in [1.29, 1.82) is 0 Å². The summed E-state index contributed by atoms with van der Waals surface area (Å²) >= 11 is 0. The van der Waals surface area contributed by atoms with Crippen LogP contribution in [0.3, 0.4) is 0 Å². The van der Waals surface area contributed by atoms with Gasteiger partial charge < -0.3 is 0 Å². The fraction of sp³-hybridized carbons (Fsp3) is 0.588. The summed E-state index contributed by atoms with van der Waals surface area (Å²) in [6.07, 6.45) is 0. The molecule has 100 valence electrons. The molecule has 0 bridgehead atoms. The lowest BCUT2D eigenvalue weighted by atomic mass is 9.60. The maximum absolute atomic E-state index is 12.8. The third-order valence-corrected chi connectivity index (χ3v) is 4.00. The maximum atomic E-state index is 12.8. The monoisotopic (exact) mass is 246 g/mol. The van der Waals surface area contributed by atoms with E-state index in [-0.39, 0.29) is 11.3 Å². The molecule has 0 saturated carbocycles. The number of ketones is 1. The van der Waals surface area contributed by atoms with E-state index in [0.29, 0.717) is 17.6 Å². The zero-order valence-corrected chi connectivity index (χ0v) is 12.5. The van der Waals surface area contributed by atoms with Crippen LogP contribution in [0.15, 0.2) is 30.3 Å². The highest BCUT2D eigenvalue weighted by atomic mass is 16.1. The van der Waals surface area contributed by atoms with Crippen molar-refractivity contribution in [2.75, 3.05) is 0 Å². The molecule has 0 aromatic heterocycles. The van der Waals surface area contributed by atoms with E-state index in [0.717, 1.165) is 5.56 Å². The zero-order chi connectivity index (χ0) is 13.9. The highest BCUT2D eigenvalue weighted by Crippen LogP contribution is 2.42. The number of benzene rings is 1. The Kier molecular flexibility index (Phi) is 4.72. The SMILES string of the molecule is CC(C)C(=O)C(c1ccccc1)(C(C)C)C(C)C. The number of rotatable bonds is 5. The van der Waals surface area contributed by atoms with Crippen molar-refractivity contribution in [2.24, 2.45) is 17.8 Å². The smallest absolute Gasteiger partial charge is 0.146 e. The third kappa shape index (κ3) is 2.36. The van der Waals surface area contributed by atoms with Crippen LogP contribution in [0.5, 0.6) is 0 Å². The summed E-state index contributed by atoms with van der Waals surface area (Å²) in [7, 11) is 0. The number of Topliss-reactive ketones (excluding diaryl/α,β-unsaturated/α-hetero) is 1. The maximum Gasteiger partial charge on any atom is 0.146 e. The summed E-state index contributed by atoms with van der Waals surface area (Å²) in [5, 5.41) is 0. The molecule has 1 aromatic rings. The van der Waals surface area contributed by atoms with Gasteiger partial charge in [0, 0.05) is 5.92 Å². The van der Waals surface area contributed by atoms with Crippen molar-refractivity contribution < 1.29 is 4.79 Å². The molecular formula is C17H26O. The van der Waals surface area contributed by atoms with Crippen molar-refractivity contribution in [3.05, 3.63) is 35.9 Å². The summed E-state index contributed by atoms with van der Waals surface area (Å²) in [4.78, 5) is 12.8. The Hall–Kier alpha value is -1.11. The van der Waals surface area contributed by atoms with Crippen LogP contribution in [0.2, 0.25) is 0 Å². The van der Waals surface area contributed by atoms with Crippen LogP contribution in [-0.4, -0.2) is 5.78 Å². The molecule has 0 aliphatic heterocycles. The Bertz CT molecular complexity index is 379. The molecule has 1 rings (SSSR count). The van der Waals surface area contributed by atoms with Gasteiger partial charge in [0.05, 0.1) is 5.41 Å². The molecule has 0 amide bonds. The highest BCUT2D eigenvalue weighted by Gasteiger charge is 2.46. The summed E-state index contributed by atoms with van der Waals surface area (Å²) in [6.45, 7) is 12.6. The topological polar surface area (TPSA) is 17.1 Å². The first-order chi connectivity index (χ1) is 8.35. The number of carbonyl (C=O) groups excluding carboxylic acids is 1. The molecular weight excluding hydrogens is 220 g/mol. The lowest BCUT2D eigenvalue weighted by Gasteiger charge is -2.42. The van der Waals surface area contributed by atoms with Gasteiger partial charge in [0.25, 0.3) is 0 Å². The Labute approximate surface area is 112 Å². The highest BCUT2D eigenvalue weighted by molar-refractivity contribution is 5.92. The van der Waals surface area contributed by atoms with Crippen molar-refractivity contribution >= 4 is 5.78 Å². The van der Waals surface area contributed by atoms with Crippen LogP contribution in [0.25, 0.3) is 0 Å². The van der Waals surface area contributed by atoms with Crippen LogP contribution < -0.4 is 0 Å². The summed E-state index contributed by atoms with van der Waals surface area (Å²) in [5.74, 6) is 1.03. The predicted molar refractivity (Wildman–Crippen MR) is 77.6 cm³/mol. The van der Waals surface area contributed by atoms with Crippen molar-refractivity contribution in [3.63, 3.8) is 0 Å². The second-order valence-corrected chi connectivity index (χ2v) is 6.06. The van der Waals surface area contributed by atoms with E-state index in [1.165, 1.54) is 0 Å². The van der Waals surface area contributed by atoms with E-state index in [4.69, 9.17) is 0 Å². The molecule has 0 heterocycles. The van der Waals surface area contributed by atoms with Gasteiger partial charge in [0.2, 0.25) is 0 Å². The van der Waals surface area contributed by atoms with Gasteiger partial charge in [-0.05, 0) is 17.4 Å². The zero-order valence-electron chi connectivity index (χ0n) is 12.5. The van der Waals surface area contributed by atoms with Crippen molar-refractivity contribution in [1.82, 2.24) is 0 Å². The number of hydrogen-bond donors (Lipinski definition) is 0. The van der Waals surface area contributed by atoms with E-state index in [1.54, 1.807) is 0 Å². The Balaban J connectivity index is 3.46. The Morgan fingerprint density at radius 2 is 1.33 bits per heavy atom. The van der Waals surface area contributed by atoms with Crippen LogP contribution in [0, 0.1) is 17.8 Å². The predicted octanol–water partition coefficient (Wildman–Crippen LogP) is 4.46. The minimum Gasteiger partial charge on any atom is -0.298 e. The molecule has 0 aliphatic carbocycles. The van der Waals surface area contributed by atoms with Crippen LogP contribution >= 0.6 is 0 Å². The second kappa shape index (κ2) is 5.69. The normalized spacial score (nSPS) is 12.5. The molecule has 0 unspecified atom stereocenters.